The minimum atomic E-state index is -0.458. The van der Waals surface area contributed by atoms with E-state index in [0.29, 0.717) is 18.9 Å². The molecule has 0 aliphatic rings. The molecule has 0 aromatic carbocycles. The molecule has 0 spiro atoms. The molecule has 1 N–H and O–H groups in total. The average Bonchev–Trinajstić information content (AvgIpc) is 2.33. The molecule has 1 aromatic rings. The van der Waals surface area contributed by atoms with Gasteiger partial charge in [-0.05, 0) is 18.9 Å². The number of pyridine rings is 1. The number of carbonyl (C=O) groups is 1. The normalized spacial score (nSPS) is 10.1. The van der Waals surface area contributed by atoms with E-state index < -0.39 is 4.92 Å². The van der Waals surface area contributed by atoms with Crippen molar-refractivity contribution in [2.75, 3.05) is 25.0 Å². The van der Waals surface area contributed by atoms with E-state index in [2.05, 4.69) is 10.3 Å². The molecule has 0 saturated carbocycles. The van der Waals surface area contributed by atoms with Gasteiger partial charge in [0, 0.05) is 33.1 Å². The molecule has 0 atom stereocenters. The van der Waals surface area contributed by atoms with Gasteiger partial charge in [0.1, 0.15) is 12.0 Å². The van der Waals surface area contributed by atoms with E-state index in [1.807, 2.05) is 11.9 Å². The van der Waals surface area contributed by atoms with Crippen molar-refractivity contribution < 1.29 is 9.72 Å². The lowest BCUT2D eigenvalue weighted by Crippen LogP contribution is -2.27. The Morgan fingerprint density at radius 3 is 2.79 bits per heavy atom. The highest BCUT2D eigenvalue weighted by molar-refractivity contribution is 5.72. The smallest absolute Gasteiger partial charge is 0.287 e. The zero-order valence-corrected chi connectivity index (χ0v) is 11.3. The summed E-state index contributed by atoms with van der Waals surface area (Å²) in [5.74, 6) is 0.667. The number of nitrogens with zero attached hydrogens (tertiary/aromatic N) is 3. The minimum absolute atomic E-state index is 0.00658. The zero-order valence-electron chi connectivity index (χ0n) is 11.3. The molecule has 0 bridgehead atoms. The Balaban J connectivity index is 2.59. The molecule has 0 saturated heterocycles. The first kappa shape index (κ1) is 14.9. The molecule has 7 nitrogen and oxygen atoms in total. The highest BCUT2D eigenvalue weighted by atomic mass is 16.6. The molecule has 1 amide bonds. The quantitative estimate of drug-likeness (QED) is 0.475. The molecule has 1 heterocycles. The van der Waals surface area contributed by atoms with Gasteiger partial charge in [-0.15, -0.1) is 0 Å². The summed E-state index contributed by atoms with van der Waals surface area (Å²) in [6.45, 7) is 4.59. The summed E-state index contributed by atoms with van der Waals surface area (Å²) >= 11 is 0. The van der Waals surface area contributed by atoms with E-state index in [4.69, 9.17) is 0 Å². The van der Waals surface area contributed by atoms with Crippen LogP contribution in [0.15, 0.2) is 12.3 Å². The number of aromatic nitrogens is 1. The second-order valence-electron chi connectivity index (χ2n) is 4.35. The van der Waals surface area contributed by atoms with Crippen LogP contribution in [-0.4, -0.2) is 36.0 Å². The van der Waals surface area contributed by atoms with Gasteiger partial charge in [0.25, 0.3) is 5.69 Å². The SMILES string of the molecule is CC(=O)NCCCN(C)c1ncc([N+](=O)[O-])cc1C. The van der Waals surface area contributed by atoms with Crippen molar-refractivity contribution in [2.45, 2.75) is 20.3 Å². The topological polar surface area (TPSA) is 88.4 Å². The molecule has 0 radical (unpaired) electrons. The second kappa shape index (κ2) is 6.67. The van der Waals surface area contributed by atoms with Gasteiger partial charge in [-0.1, -0.05) is 0 Å². The van der Waals surface area contributed by atoms with Crippen LogP contribution in [0.1, 0.15) is 18.9 Å². The van der Waals surface area contributed by atoms with E-state index in [9.17, 15) is 14.9 Å². The molecule has 104 valence electrons. The summed E-state index contributed by atoms with van der Waals surface area (Å²) in [5.41, 5.74) is 0.754. The molecule has 19 heavy (non-hydrogen) atoms. The molecule has 1 aromatic heterocycles. The van der Waals surface area contributed by atoms with Gasteiger partial charge in [-0.25, -0.2) is 4.98 Å². The fourth-order valence-corrected chi connectivity index (χ4v) is 1.74. The van der Waals surface area contributed by atoms with Crippen LogP contribution in [0.2, 0.25) is 0 Å². The molecule has 1 rings (SSSR count). The van der Waals surface area contributed by atoms with Gasteiger partial charge >= 0.3 is 0 Å². The Bertz CT molecular complexity index is 476. The summed E-state index contributed by atoms with van der Waals surface area (Å²) in [6, 6.07) is 1.51. The number of anilines is 1. The van der Waals surface area contributed by atoms with Crippen LogP contribution in [0.5, 0.6) is 0 Å². The lowest BCUT2D eigenvalue weighted by Gasteiger charge is -2.19. The number of carbonyl (C=O) groups excluding carboxylic acids is 1. The Morgan fingerprint density at radius 1 is 1.58 bits per heavy atom. The maximum absolute atomic E-state index is 10.7. The first-order valence-electron chi connectivity index (χ1n) is 5.98. The summed E-state index contributed by atoms with van der Waals surface area (Å²) in [7, 11) is 1.87. The molecule has 0 unspecified atom stereocenters. The minimum Gasteiger partial charge on any atom is -0.359 e. The van der Waals surface area contributed by atoms with Crippen LogP contribution >= 0.6 is 0 Å². The van der Waals surface area contributed by atoms with E-state index in [1.165, 1.54) is 19.2 Å². The first-order chi connectivity index (χ1) is 8.91. The highest BCUT2D eigenvalue weighted by Gasteiger charge is 2.12. The number of nitro groups is 1. The standard InChI is InChI=1S/C12H18N4O3/c1-9-7-11(16(18)19)8-14-12(9)15(3)6-4-5-13-10(2)17/h7-8H,4-6H2,1-3H3,(H,13,17). The van der Waals surface area contributed by atoms with Crippen molar-refractivity contribution in [1.29, 1.82) is 0 Å². The van der Waals surface area contributed by atoms with E-state index in [0.717, 1.165) is 12.0 Å². The van der Waals surface area contributed by atoms with Crippen molar-refractivity contribution in [2.24, 2.45) is 0 Å². The maximum atomic E-state index is 10.7. The Labute approximate surface area is 111 Å². The predicted molar refractivity (Wildman–Crippen MR) is 72.2 cm³/mol. The number of amides is 1. The van der Waals surface area contributed by atoms with Crippen LogP contribution in [0.4, 0.5) is 11.5 Å². The maximum Gasteiger partial charge on any atom is 0.287 e. The van der Waals surface area contributed by atoms with Crippen LogP contribution in [-0.2, 0) is 4.79 Å². The number of hydrogen-bond donors (Lipinski definition) is 1. The monoisotopic (exact) mass is 266 g/mol. The lowest BCUT2D eigenvalue weighted by atomic mass is 10.2. The van der Waals surface area contributed by atoms with Crippen molar-refractivity contribution in [3.8, 4) is 0 Å². The first-order valence-corrected chi connectivity index (χ1v) is 5.98. The Hall–Kier alpha value is -2.18. The fraction of sp³-hybridized carbons (Fsp3) is 0.500. The molecule has 0 aliphatic carbocycles. The highest BCUT2D eigenvalue weighted by Crippen LogP contribution is 2.20. The van der Waals surface area contributed by atoms with Crippen molar-refractivity contribution in [1.82, 2.24) is 10.3 Å². The third-order valence-electron chi connectivity index (χ3n) is 2.65. The second-order valence-corrected chi connectivity index (χ2v) is 4.35. The number of rotatable bonds is 6. The number of nitrogens with one attached hydrogen (secondary N) is 1. The molecule has 0 fully saturated rings. The molecular formula is C12H18N4O3. The van der Waals surface area contributed by atoms with Gasteiger partial charge in [-0.3, -0.25) is 14.9 Å². The summed E-state index contributed by atoms with van der Waals surface area (Å²) in [5, 5.41) is 13.3. The van der Waals surface area contributed by atoms with Gasteiger partial charge in [-0.2, -0.15) is 0 Å². The number of hydrogen-bond acceptors (Lipinski definition) is 5. The third-order valence-corrected chi connectivity index (χ3v) is 2.65. The lowest BCUT2D eigenvalue weighted by molar-refractivity contribution is -0.385. The van der Waals surface area contributed by atoms with Crippen LogP contribution < -0.4 is 10.2 Å². The third kappa shape index (κ3) is 4.53. The summed E-state index contributed by atoms with van der Waals surface area (Å²) in [4.78, 5) is 26.9. The Kier molecular flexibility index (Phi) is 5.23. The fourth-order valence-electron chi connectivity index (χ4n) is 1.74. The number of aryl methyl sites for hydroxylation is 1. The Morgan fingerprint density at radius 2 is 2.26 bits per heavy atom. The van der Waals surface area contributed by atoms with Crippen LogP contribution in [0.3, 0.4) is 0 Å². The average molecular weight is 266 g/mol. The molecular weight excluding hydrogens is 248 g/mol. The largest absolute Gasteiger partial charge is 0.359 e. The van der Waals surface area contributed by atoms with Gasteiger partial charge in [0.05, 0.1) is 4.92 Å². The van der Waals surface area contributed by atoms with E-state index in [1.54, 1.807) is 6.92 Å². The van der Waals surface area contributed by atoms with Gasteiger partial charge < -0.3 is 10.2 Å². The molecule has 7 heteroatoms. The van der Waals surface area contributed by atoms with Crippen molar-refractivity contribution in [3.63, 3.8) is 0 Å². The van der Waals surface area contributed by atoms with E-state index in [-0.39, 0.29) is 11.6 Å². The summed E-state index contributed by atoms with van der Waals surface area (Å²) < 4.78 is 0. The summed E-state index contributed by atoms with van der Waals surface area (Å²) in [6.07, 6.45) is 2.04. The van der Waals surface area contributed by atoms with Gasteiger partial charge in [0.2, 0.25) is 5.91 Å². The van der Waals surface area contributed by atoms with Crippen LogP contribution in [0, 0.1) is 17.0 Å². The van der Waals surface area contributed by atoms with Crippen molar-refractivity contribution in [3.05, 3.63) is 27.9 Å². The van der Waals surface area contributed by atoms with Gasteiger partial charge in [0.15, 0.2) is 0 Å². The van der Waals surface area contributed by atoms with Crippen molar-refractivity contribution >= 4 is 17.4 Å². The predicted octanol–water partition coefficient (Wildman–Crippen LogP) is 1.26. The zero-order chi connectivity index (χ0) is 14.4. The van der Waals surface area contributed by atoms with Crippen LogP contribution in [0.25, 0.3) is 0 Å². The molecule has 0 aliphatic heterocycles. The van der Waals surface area contributed by atoms with E-state index >= 15 is 0 Å².